The van der Waals surface area contributed by atoms with Crippen LogP contribution in [0.25, 0.3) is 0 Å². The minimum Gasteiger partial charge on any atom is -0.489 e. The van der Waals surface area contributed by atoms with E-state index in [9.17, 15) is 8.42 Å². The van der Waals surface area contributed by atoms with Crippen LogP contribution in [0.5, 0.6) is 5.75 Å². The maximum Gasteiger partial charge on any atom is 0.152 e. The number of rotatable bonds is 5. The third-order valence-corrected chi connectivity index (χ3v) is 6.09. The molecule has 2 aromatic rings. The lowest BCUT2D eigenvalue weighted by Gasteiger charge is -2.38. The van der Waals surface area contributed by atoms with E-state index < -0.39 is 15.1 Å². The highest BCUT2D eigenvalue weighted by Gasteiger charge is 2.34. The fourth-order valence-corrected chi connectivity index (χ4v) is 4.21. The van der Waals surface area contributed by atoms with E-state index >= 15 is 0 Å². The Kier molecular flexibility index (Phi) is 5.30. The van der Waals surface area contributed by atoms with Gasteiger partial charge in [0.05, 0.1) is 11.8 Å². The number of hydrogen-bond acceptors (Lipinski definition) is 5. The summed E-state index contributed by atoms with van der Waals surface area (Å²) in [7, 11) is -3.15. The summed E-state index contributed by atoms with van der Waals surface area (Å²) in [5.74, 6) is 0.732. The van der Waals surface area contributed by atoms with Gasteiger partial charge in [-0.3, -0.25) is 0 Å². The maximum atomic E-state index is 12.2. The number of sulfone groups is 1. The molecule has 1 aliphatic heterocycles. The van der Waals surface area contributed by atoms with Gasteiger partial charge in [0.25, 0.3) is 0 Å². The van der Waals surface area contributed by atoms with Gasteiger partial charge in [-0.15, -0.1) is 0 Å². The molecule has 2 N–H and O–H groups in total. The van der Waals surface area contributed by atoms with E-state index in [1.54, 1.807) is 0 Å². The second-order valence-electron chi connectivity index (χ2n) is 6.52. The topological polar surface area (TPSA) is 72.6 Å². The van der Waals surface area contributed by atoms with Crippen LogP contribution < -0.4 is 15.4 Å². The molecule has 0 aromatic heterocycles. The molecule has 1 fully saturated rings. The van der Waals surface area contributed by atoms with Crippen LogP contribution in [0.2, 0.25) is 0 Å². The first-order chi connectivity index (χ1) is 12.0. The summed E-state index contributed by atoms with van der Waals surface area (Å²) in [6.45, 7) is 1.60. The highest BCUT2D eigenvalue weighted by molar-refractivity contribution is 7.91. The van der Waals surface area contributed by atoms with Gasteiger partial charge in [-0.25, -0.2) is 8.42 Å². The van der Waals surface area contributed by atoms with Crippen LogP contribution in [0, 0.1) is 0 Å². The van der Waals surface area contributed by atoms with Gasteiger partial charge in [0, 0.05) is 31.5 Å². The summed E-state index contributed by atoms with van der Waals surface area (Å²) >= 11 is 0. The molecule has 0 radical (unpaired) electrons. The van der Waals surface area contributed by atoms with Crippen molar-refractivity contribution in [2.75, 3.05) is 24.2 Å². The standard InChI is InChI=1S/C19H24N2O3S/c1-25(22,23)19-11-18(24-17-9-5-6-15(10-17)12-20)13-21(14-19)16-7-3-2-4-8-16/h2-10,18-19H,11-14,20H2,1H3/t18-,19+/m0/s1. The SMILES string of the molecule is CS(=O)(=O)[C@@H]1C[C@H](Oc2cccc(CN)c2)CN(c2ccccc2)C1. The first-order valence-electron chi connectivity index (χ1n) is 8.40. The number of para-hydroxylation sites is 1. The predicted octanol–water partition coefficient (Wildman–Crippen LogP) is 2.22. The largest absolute Gasteiger partial charge is 0.489 e. The lowest BCUT2D eigenvalue weighted by Crippen LogP contribution is -2.50. The van der Waals surface area contributed by atoms with Crippen LogP contribution >= 0.6 is 0 Å². The summed E-state index contributed by atoms with van der Waals surface area (Å²) in [6, 6.07) is 17.5. The number of ether oxygens (including phenoxy) is 1. The number of hydrogen-bond donors (Lipinski definition) is 1. The fraction of sp³-hybridized carbons (Fsp3) is 0.368. The highest BCUT2D eigenvalue weighted by Crippen LogP contribution is 2.26. The molecule has 0 saturated carbocycles. The molecule has 2 atom stereocenters. The Balaban J connectivity index is 1.82. The Hall–Kier alpha value is -2.05. The Morgan fingerprint density at radius 1 is 1.12 bits per heavy atom. The molecule has 25 heavy (non-hydrogen) atoms. The monoisotopic (exact) mass is 360 g/mol. The molecule has 5 nitrogen and oxygen atoms in total. The zero-order valence-corrected chi connectivity index (χ0v) is 15.2. The van der Waals surface area contributed by atoms with Crippen LogP contribution in [0.4, 0.5) is 5.69 Å². The van der Waals surface area contributed by atoms with E-state index in [1.165, 1.54) is 6.26 Å². The van der Waals surface area contributed by atoms with Gasteiger partial charge in [0.1, 0.15) is 11.9 Å². The zero-order valence-electron chi connectivity index (χ0n) is 14.3. The van der Waals surface area contributed by atoms with Crippen LogP contribution in [-0.4, -0.2) is 39.1 Å². The van der Waals surface area contributed by atoms with Crippen molar-refractivity contribution in [3.05, 3.63) is 60.2 Å². The van der Waals surface area contributed by atoms with Gasteiger partial charge < -0.3 is 15.4 Å². The molecule has 0 bridgehead atoms. The average Bonchev–Trinajstić information content (AvgIpc) is 2.61. The molecule has 1 saturated heterocycles. The van der Waals surface area contributed by atoms with E-state index in [4.69, 9.17) is 10.5 Å². The maximum absolute atomic E-state index is 12.2. The van der Waals surface area contributed by atoms with Gasteiger partial charge in [-0.2, -0.15) is 0 Å². The van der Waals surface area contributed by atoms with Gasteiger partial charge in [-0.05, 0) is 29.8 Å². The van der Waals surface area contributed by atoms with Crippen molar-refractivity contribution in [1.82, 2.24) is 0 Å². The Labute approximate surface area is 149 Å². The Bertz CT molecular complexity index is 808. The zero-order chi connectivity index (χ0) is 17.9. The van der Waals surface area contributed by atoms with E-state index in [0.717, 1.165) is 17.0 Å². The van der Waals surface area contributed by atoms with Crippen molar-refractivity contribution < 1.29 is 13.2 Å². The second kappa shape index (κ2) is 7.45. The quantitative estimate of drug-likeness (QED) is 0.885. The van der Waals surface area contributed by atoms with Gasteiger partial charge in [0.2, 0.25) is 0 Å². The normalized spacial score (nSPS) is 21.1. The molecule has 1 heterocycles. The summed E-state index contributed by atoms with van der Waals surface area (Å²) in [4.78, 5) is 2.09. The third kappa shape index (κ3) is 4.52. The molecular formula is C19H24N2O3S. The molecule has 3 rings (SSSR count). The molecule has 134 valence electrons. The van der Waals surface area contributed by atoms with Crippen LogP contribution in [0.1, 0.15) is 12.0 Å². The van der Waals surface area contributed by atoms with E-state index in [1.807, 2.05) is 54.6 Å². The van der Waals surface area contributed by atoms with Crippen molar-refractivity contribution in [1.29, 1.82) is 0 Å². The van der Waals surface area contributed by atoms with E-state index in [0.29, 0.717) is 26.1 Å². The average molecular weight is 360 g/mol. The summed E-state index contributed by atoms with van der Waals surface area (Å²) < 4.78 is 30.4. The molecule has 1 aliphatic rings. The van der Waals surface area contributed by atoms with Gasteiger partial charge in [0.15, 0.2) is 9.84 Å². The molecule has 2 aromatic carbocycles. The van der Waals surface area contributed by atoms with E-state index in [2.05, 4.69) is 4.90 Å². The van der Waals surface area contributed by atoms with Crippen molar-refractivity contribution in [3.63, 3.8) is 0 Å². The summed E-state index contributed by atoms with van der Waals surface area (Å²) in [5.41, 5.74) is 7.69. The first-order valence-corrected chi connectivity index (χ1v) is 10.4. The smallest absolute Gasteiger partial charge is 0.152 e. The fourth-order valence-electron chi connectivity index (χ4n) is 3.19. The van der Waals surface area contributed by atoms with Crippen LogP contribution in [0.3, 0.4) is 0 Å². The van der Waals surface area contributed by atoms with E-state index in [-0.39, 0.29) is 6.10 Å². The molecule has 0 spiro atoms. The lowest BCUT2D eigenvalue weighted by atomic mass is 10.1. The molecule has 0 unspecified atom stereocenters. The van der Waals surface area contributed by atoms with Crippen LogP contribution in [-0.2, 0) is 16.4 Å². The van der Waals surface area contributed by atoms with Gasteiger partial charge >= 0.3 is 0 Å². The number of piperidine rings is 1. The first kappa shape index (κ1) is 17.8. The summed E-state index contributed by atoms with van der Waals surface area (Å²) in [6.07, 6.45) is 1.61. The molecule has 0 amide bonds. The minimum atomic E-state index is -3.15. The van der Waals surface area contributed by atoms with Crippen molar-refractivity contribution in [3.8, 4) is 5.75 Å². The highest BCUT2D eigenvalue weighted by atomic mass is 32.2. The van der Waals surface area contributed by atoms with Crippen LogP contribution in [0.15, 0.2) is 54.6 Å². The Morgan fingerprint density at radius 2 is 1.88 bits per heavy atom. The van der Waals surface area contributed by atoms with Crippen molar-refractivity contribution >= 4 is 15.5 Å². The lowest BCUT2D eigenvalue weighted by molar-refractivity contribution is 0.180. The molecular weight excluding hydrogens is 336 g/mol. The third-order valence-electron chi connectivity index (χ3n) is 4.54. The number of nitrogens with zero attached hydrogens (tertiary/aromatic N) is 1. The summed E-state index contributed by atoms with van der Waals surface area (Å²) in [5, 5.41) is -0.441. The van der Waals surface area contributed by atoms with Crippen molar-refractivity contribution in [2.24, 2.45) is 5.73 Å². The number of benzene rings is 2. The molecule has 6 heteroatoms. The Morgan fingerprint density at radius 3 is 2.56 bits per heavy atom. The molecule has 0 aliphatic carbocycles. The number of anilines is 1. The minimum absolute atomic E-state index is 0.193. The predicted molar refractivity (Wildman–Crippen MR) is 101 cm³/mol. The van der Waals surface area contributed by atoms with Gasteiger partial charge in [-0.1, -0.05) is 30.3 Å². The van der Waals surface area contributed by atoms with Crippen molar-refractivity contribution in [2.45, 2.75) is 24.3 Å². The number of nitrogens with two attached hydrogens (primary N) is 1. The second-order valence-corrected chi connectivity index (χ2v) is 8.84.